The fraction of sp³-hybridized carbons (Fsp3) is 0.600. The maximum Gasteiger partial charge on any atom is 0.239 e. The molecule has 1 aromatic carbocycles. The van der Waals surface area contributed by atoms with Crippen LogP contribution < -0.4 is 16.0 Å². The SMILES string of the molecule is O=C(CNc1ccc(F)cc1)NC1CCC(C(=O)NC2CCOCC2)CC1. The zero-order valence-corrected chi connectivity index (χ0v) is 15.5. The topological polar surface area (TPSA) is 79.5 Å². The Balaban J connectivity index is 1.34. The number of anilines is 1. The Labute approximate surface area is 159 Å². The van der Waals surface area contributed by atoms with Gasteiger partial charge in [-0.2, -0.15) is 0 Å². The third kappa shape index (κ3) is 6.20. The second-order valence-electron chi connectivity index (χ2n) is 7.37. The highest BCUT2D eigenvalue weighted by atomic mass is 19.1. The van der Waals surface area contributed by atoms with Crippen molar-refractivity contribution in [3.05, 3.63) is 30.1 Å². The molecule has 0 spiro atoms. The number of nitrogens with one attached hydrogen (secondary N) is 3. The molecule has 0 radical (unpaired) electrons. The number of rotatable bonds is 6. The fourth-order valence-corrected chi connectivity index (χ4v) is 3.69. The molecule has 1 aliphatic carbocycles. The molecular formula is C20H28FN3O3. The standard InChI is InChI=1S/C20H28FN3O3/c21-15-3-7-16(8-4-15)22-13-19(25)23-17-5-1-14(2-6-17)20(26)24-18-9-11-27-12-10-18/h3-4,7-8,14,17-18,22H,1-2,5-6,9-13H2,(H,23,25)(H,24,26). The third-order valence-corrected chi connectivity index (χ3v) is 5.33. The number of hydrogen-bond acceptors (Lipinski definition) is 4. The van der Waals surface area contributed by atoms with Gasteiger partial charge in [0.1, 0.15) is 5.82 Å². The molecule has 7 heteroatoms. The second-order valence-corrected chi connectivity index (χ2v) is 7.37. The van der Waals surface area contributed by atoms with E-state index in [4.69, 9.17) is 4.74 Å². The highest BCUT2D eigenvalue weighted by Gasteiger charge is 2.28. The molecule has 6 nitrogen and oxygen atoms in total. The molecule has 1 heterocycles. The van der Waals surface area contributed by atoms with Gasteiger partial charge in [-0.05, 0) is 62.8 Å². The first-order chi connectivity index (χ1) is 13.1. The number of amides is 2. The van der Waals surface area contributed by atoms with Crippen LogP contribution in [-0.2, 0) is 14.3 Å². The van der Waals surface area contributed by atoms with Crippen molar-refractivity contribution in [3.63, 3.8) is 0 Å². The van der Waals surface area contributed by atoms with E-state index in [-0.39, 0.29) is 42.2 Å². The third-order valence-electron chi connectivity index (χ3n) is 5.33. The first kappa shape index (κ1) is 19.6. The Morgan fingerprint density at radius 1 is 0.926 bits per heavy atom. The van der Waals surface area contributed by atoms with Crippen LogP contribution in [0.5, 0.6) is 0 Å². The van der Waals surface area contributed by atoms with Crippen LogP contribution in [0.3, 0.4) is 0 Å². The van der Waals surface area contributed by atoms with E-state index in [1.165, 1.54) is 12.1 Å². The van der Waals surface area contributed by atoms with Gasteiger partial charge in [-0.15, -0.1) is 0 Å². The lowest BCUT2D eigenvalue weighted by molar-refractivity contribution is -0.127. The number of carbonyl (C=O) groups is 2. The molecule has 2 aliphatic rings. The van der Waals surface area contributed by atoms with Crippen LogP contribution in [0.15, 0.2) is 24.3 Å². The highest BCUT2D eigenvalue weighted by molar-refractivity contribution is 5.81. The number of halogens is 1. The van der Waals surface area contributed by atoms with E-state index >= 15 is 0 Å². The minimum absolute atomic E-state index is 0.0401. The van der Waals surface area contributed by atoms with Crippen LogP contribution in [0.2, 0.25) is 0 Å². The molecule has 1 aromatic rings. The highest BCUT2D eigenvalue weighted by Crippen LogP contribution is 2.25. The minimum Gasteiger partial charge on any atom is -0.381 e. The van der Waals surface area contributed by atoms with Crippen molar-refractivity contribution in [1.29, 1.82) is 0 Å². The van der Waals surface area contributed by atoms with Gasteiger partial charge in [0, 0.05) is 36.9 Å². The van der Waals surface area contributed by atoms with Gasteiger partial charge in [-0.1, -0.05) is 0 Å². The summed E-state index contributed by atoms with van der Waals surface area (Å²) in [6.45, 7) is 1.58. The molecule has 27 heavy (non-hydrogen) atoms. The summed E-state index contributed by atoms with van der Waals surface area (Å²) in [5.41, 5.74) is 0.708. The Bertz CT molecular complexity index is 624. The molecule has 0 unspecified atom stereocenters. The lowest BCUT2D eigenvalue weighted by Gasteiger charge is -2.30. The Morgan fingerprint density at radius 3 is 2.22 bits per heavy atom. The summed E-state index contributed by atoms with van der Waals surface area (Å²) in [5, 5.41) is 9.14. The quantitative estimate of drug-likeness (QED) is 0.710. The first-order valence-corrected chi connectivity index (χ1v) is 9.77. The van der Waals surface area contributed by atoms with Crippen LogP contribution in [0.1, 0.15) is 38.5 Å². The van der Waals surface area contributed by atoms with E-state index in [1.807, 2.05) is 0 Å². The molecule has 1 saturated heterocycles. The van der Waals surface area contributed by atoms with Crippen LogP contribution >= 0.6 is 0 Å². The van der Waals surface area contributed by atoms with E-state index < -0.39 is 0 Å². The summed E-state index contributed by atoms with van der Waals surface area (Å²) < 4.78 is 18.2. The summed E-state index contributed by atoms with van der Waals surface area (Å²) >= 11 is 0. The van der Waals surface area contributed by atoms with Crippen LogP contribution in [0, 0.1) is 11.7 Å². The van der Waals surface area contributed by atoms with Crippen molar-refractivity contribution in [2.24, 2.45) is 5.92 Å². The maximum atomic E-state index is 12.9. The molecule has 0 aromatic heterocycles. The second kappa shape index (κ2) is 9.69. The molecule has 3 N–H and O–H groups in total. The molecule has 1 aliphatic heterocycles. The Kier molecular flexibility index (Phi) is 7.04. The molecule has 148 valence electrons. The summed E-state index contributed by atoms with van der Waals surface area (Å²) in [4.78, 5) is 24.5. The lowest BCUT2D eigenvalue weighted by Crippen LogP contribution is -2.45. The zero-order valence-electron chi connectivity index (χ0n) is 15.5. The normalized spacial score (nSPS) is 23.4. The van der Waals surface area contributed by atoms with Crippen molar-refractivity contribution in [2.45, 2.75) is 50.6 Å². The van der Waals surface area contributed by atoms with Gasteiger partial charge < -0.3 is 20.7 Å². The van der Waals surface area contributed by atoms with E-state index in [1.54, 1.807) is 12.1 Å². The van der Waals surface area contributed by atoms with Crippen molar-refractivity contribution in [1.82, 2.24) is 10.6 Å². The largest absolute Gasteiger partial charge is 0.381 e. The lowest BCUT2D eigenvalue weighted by atomic mass is 9.85. The van der Waals surface area contributed by atoms with Gasteiger partial charge >= 0.3 is 0 Å². The molecule has 2 fully saturated rings. The van der Waals surface area contributed by atoms with E-state index in [2.05, 4.69) is 16.0 Å². The van der Waals surface area contributed by atoms with Crippen molar-refractivity contribution in [3.8, 4) is 0 Å². The maximum absolute atomic E-state index is 12.9. The van der Waals surface area contributed by atoms with E-state index in [0.717, 1.165) is 51.7 Å². The van der Waals surface area contributed by atoms with Gasteiger partial charge in [0.2, 0.25) is 11.8 Å². The summed E-state index contributed by atoms with van der Waals surface area (Å²) in [5.74, 6) is -0.208. The fourth-order valence-electron chi connectivity index (χ4n) is 3.69. The molecule has 2 amide bonds. The number of carbonyl (C=O) groups excluding carboxylic acids is 2. The molecular weight excluding hydrogens is 349 g/mol. The van der Waals surface area contributed by atoms with Crippen LogP contribution in [0.25, 0.3) is 0 Å². The van der Waals surface area contributed by atoms with Crippen molar-refractivity contribution >= 4 is 17.5 Å². The van der Waals surface area contributed by atoms with Gasteiger partial charge in [-0.25, -0.2) is 4.39 Å². The Hall–Kier alpha value is -2.15. The number of benzene rings is 1. The van der Waals surface area contributed by atoms with Crippen LogP contribution in [0.4, 0.5) is 10.1 Å². The van der Waals surface area contributed by atoms with Gasteiger partial charge in [0.25, 0.3) is 0 Å². The monoisotopic (exact) mass is 377 g/mol. The number of hydrogen-bond donors (Lipinski definition) is 3. The Morgan fingerprint density at radius 2 is 1.56 bits per heavy atom. The molecule has 3 rings (SSSR count). The molecule has 0 bridgehead atoms. The van der Waals surface area contributed by atoms with Gasteiger partial charge in [0.15, 0.2) is 0 Å². The van der Waals surface area contributed by atoms with Crippen LogP contribution in [-0.4, -0.2) is 43.7 Å². The number of ether oxygens (including phenoxy) is 1. The average molecular weight is 377 g/mol. The van der Waals surface area contributed by atoms with Gasteiger partial charge in [-0.3, -0.25) is 9.59 Å². The smallest absolute Gasteiger partial charge is 0.239 e. The van der Waals surface area contributed by atoms with E-state index in [0.29, 0.717) is 5.69 Å². The minimum atomic E-state index is -0.303. The van der Waals surface area contributed by atoms with E-state index in [9.17, 15) is 14.0 Å². The average Bonchev–Trinajstić information content (AvgIpc) is 2.69. The van der Waals surface area contributed by atoms with Crippen molar-refractivity contribution in [2.75, 3.05) is 25.1 Å². The summed E-state index contributed by atoms with van der Waals surface area (Å²) in [7, 11) is 0. The molecule has 1 saturated carbocycles. The summed E-state index contributed by atoms with van der Waals surface area (Å²) in [6, 6.07) is 6.26. The van der Waals surface area contributed by atoms with Gasteiger partial charge in [0.05, 0.1) is 6.54 Å². The first-order valence-electron chi connectivity index (χ1n) is 9.77. The zero-order chi connectivity index (χ0) is 19.1. The summed E-state index contributed by atoms with van der Waals surface area (Å²) in [6.07, 6.45) is 5.00. The van der Waals surface area contributed by atoms with Crippen molar-refractivity contribution < 1.29 is 18.7 Å². The predicted octanol–water partition coefficient (Wildman–Crippen LogP) is 2.21. The predicted molar refractivity (Wildman–Crippen MR) is 101 cm³/mol. The molecule has 0 atom stereocenters.